The first-order valence-corrected chi connectivity index (χ1v) is 8.92. The molecule has 1 N–H and O–H groups in total. The Morgan fingerprint density at radius 1 is 1.26 bits per heavy atom. The summed E-state index contributed by atoms with van der Waals surface area (Å²) in [7, 11) is 0. The number of nitrogens with zero attached hydrogens (tertiary/aromatic N) is 2. The molecule has 0 bridgehead atoms. The molecule has 3 aromatic rings. The molecule has 118 valence electrons. The third kappa shape index (κ3) is 3.09. The fraction of sp³-hybridized carbons (Fsp3) is 0.235. The number of carboxylic acids is 1. The molecule has 2 aromatic heterocycles. The van der Waals surface area contributed by atoms with Gasteiger partial charge in [0.25, 0.3) is 0 Å². The molecular weight excluding hydrogens is 328 g/mol. The van der Waals surface area contributed by atoms with Crippen molar-refractivity contribution in [3.05, 3.63) is 41.0 Å². The number of carbonyl (C=O) groups is 1. The number of aryl methyl sites for hydroxylation is 2. The van der Waals surface area contributed by atoms with Gasteiger partial charge in [-0.05, 0) is 37.5 Å². The van der Waals surface area contributed by atoms with E-state index in [-0.39, 0.29) is 0 Å². The van der Waals surface area contributed by atoms with Gasteiger partial charge in [0.05, 0.1) is 5.39 Å². The Morgan fingerprint density at radius 2 is 2.04 bits per heavy atom. The lowest BCUT2D eigenvalue weighted by atomic mass is 10.0. The fourth-order valence-corrected chi connectivity index (χ4v) is 4.12. The maximum absolute atomic E-state index is 11.2. The zero-order chi connectivity index (χ0) is 16.6. The van der Waals surface area contributed by atoms with E-state index in [0.717, 1.165) is 26.4 Å². The molecule has 4 nitrogen and oxygen atoms in total. The SMILES string of the molecule is Cc1ccc(-c2csc3ncnc(S[C@H](C)C(=O)O)c23)cc1C. The molecule has 0 radical (unpaired) electrons. The summed E-state index contributed by atoms with van der Waals surface area (Å²) in [4.78, 5) is 20.7. The summed E-state index contributed by atoms with van der Waals surface area (Å²) in [6, 6.07) is 6.34. The molecule has 0 saturated carbocycles. The average molecular weight is 344 g/mol. The summed E-state index contributed by atoms with van der Waals surface area (Å²) in [5.41, 5.74) is 4.65. The van der Waals surface area contributed by atoms with Crippen LogP contribution in [0, 0.1) is 13.8 Å². The number of rotatable bonds is 4. The Kier molecular flexibility index (Phi) is 4.37. The van der Waals surface area contributed by atoms with Crippen molar-refractivity contribution in [2.24, 2.45) is 0 Å². The van der Waals surface area contributed by atoms with Crippen molar-refractivity contribution in [3.8, 4) is 11.1 Å². The molecule has 0 saturated heterocycles. The Labute approximate surface area is 142 Å². The first kappa shape index (κ1) is 16.0. The number of fused-ring (bicyclic) bond motifs is 1. The molecule has 2 heterocycles. The third-order valence-corrected chi connectivity index (χ3v) is 5.76. The van der Waals surface area contributed by atoms with Crippen molar-refractivity contribution in [3.63, 3.8) is 0 Å². The van der Waals surface area contributed by atoms with E-state index in [0.29, 0.717) is 0 Å². The van der Waals surface area contributed by atoms with Gasteiger partial charge in [-0.1, -0.05) is 30.0 Å². The highest BCUT2D eigenvalue weighted by atomic mass is 32.2. The Bertz CT molecular complexity index is 889. The second-order valence-electron chi connectivity index (χ2n) is 5.41. The van der Waals surface area contributed by atoms with Crippen LogP contribution in [-0.2, 0) is 4.79 Å². The number of carboxylic acid groups (broad SMARTS) is 1. The average Bonchev–Trinajstić information content (AvgIpc) is 2.95. The lowest BCUT2D eigenvalue weighted by molar-refractivity contribution is -0.136. The van der Waals surface area contributed by atoms with E-state index in [2.05, 4.69) is 47.4 Å². The lowest BCUT2D eigenvalue weighted by Gasteiger charge is -2.09. The summed E-state index contributed by atoms with van der Waals surface area (Å²) >= 11 is 2.81. The maximum atomic E-state index is 11.2. The highest BCUT2D eigenvalue weighted by Crippen LogP contribution is 2.39. The van der Waals surface area contributed by atoms with Crippen LogP contribution in [0.1, 0.15) is 18.1 Å². The molecule has 0 fully saturated rings. The van der Waals surface area contributed by atoms with E-state index >= 15 is 0 Å². The molecule has 3 rings (SSSR count). The maximum Gasteiger partial charge on any atom is 0.316 e. The lowest BCUT2D eigenvalue weighted by Crippen LogP contribution is -2.11. The molecule has 0 spiro atoms. The molecule has 6 heteroatoms. The van der Waals surface area contributed by atoms with Crippen molar-refractivity contribution in [1.82, 2.24) is 9.97 Å². The molecule has 1 aromatic carbocycles. The Hall–Kier alpha value is -1.92. The minimum atomic E-state index is -0.843. The van der Waals surface area contributed by atoms with Crippen LogP contribution in [0.3, 0.4) is 0 Å². The van der Waals surface area contributed by atoms with E-state index in [9.17, 15) is 4.79 Å². The van der Waals surface area contributed by atoms with Gasteiger partial charge in [-0.15, -0.1) is 11.3 Å². The van der Waals surface area contributed by atoms with Crippen LogP contribution >= 0.6 is 23.1 Å². The molecule has 0 unspecified atom stereocenters. The Balaban J connectivity index is 2.14. The van der Waals surface area contributed by atoms with Gasteiger partial charge in [-0.25, -0.2) is 9.97 Å². The molecule has 1 atom stereocenters. The molecule has 0 aliphatic carbocycles. The second kappa shape index (κ2) is 6.29. The van der Waals surface area contributed by atoms with Crippen LogP contribution in [0.2, 0.25) is 0 Å². The van der Waals surface area contributed by atoms with Crippen molar-refractivity contribution < 1.29 is 9.90 Å². The van der Waals surface area contributed by atoms with Crippen LogP contribution in [0.5, 0.6) is 0 Å². The van der Waals surface area contributed by atoms with E-state index < -0.39 is 11.2 Å². The van der Waals surface area contributed by atoms with Gasteiger partial charge in [0.1, 0.15) is 21.4 Å². The minimum Gasteiger partial charge on any atom is -0.480 e. The predicted octanol–water partition coefficient (Wildman–Crippen LogP) is 4.54. The summed E-state index contributed by atoms with van der Waals surface area (Å²) in [5.74, 6) is -0.843. The van der Waals surface area contributed by atoms with Crippen LogP contribution in [0.25, 0.3) is 21.3 Å². The first-order valence-electron chi connectivity index (χ1n) is 7.16. The van der Waals surface area contributed by atoms with Crippen molar-refractivity contribution >= 4 is 39.3 Å². The summed E-state index contributed by atoms with van der Waals surface area (Å²) in [6.07, 6.45) is 1.50. The van der Waals surface area contributed by atoms with Crippen molar-refractivity contribution in [2.75, 3.05) is 0 Å². The molecule has 0 aliphatic rings. The number of benzene rings is 1. The van der Waals surface area contributed by atoms with E-state index in [1.54, 1.807) is 18.3 Å². The topological polar surface area (TPSA) is 63.1 Å². The van der Waals surface area contributed by atoms with Crippen LogP contribution in [0.15, 0.2) is 34.9 Å². The van der Waals surface area contributed by atoms with Gasteiger partial charge in [-0.2, -0.15) is 0 Å². The molecule has 0 amide bonds. The third-order valence-electron chi connectivity index (χ3n) is 3.79. The van der Waals surface area contributed by atoms with Gasteiger partial charge in [0.15, 0.2) is 0 Å². The molecular formula is C17H16N2O2S2. The smallest absolute Gasteiger partial charge is 0.316 e. The van der Waals surface area contributed by atoms with Gasteiger partial charge >= 0.3 is 5.97 Å². The quantitative estimate of drug-likeness (QED) is 0.556. The van der Waals surface area contributed by atoms with E-state index in [1.807, 2.05) is 0 Å². The Morgan fingerprint density at radius 3 is 2.74 bits per heavy atom. The standard InChI is InChI=1S/C17H16N2O2S2/c1-9-4-5-12(6-10(9)2)13-7-22-15-14(13)16(19-8-18-15)23-11(3)17(20)21/h4-8,11H,1-3H3,(H,20,21)/t11-/m1/s1. The van der Waals surface area contributed by atoms with Gasteiger partial charge in [0.2, 0.25) is 0 Å². The summed E-state index contributed by atoms with van der Waals surface area (Å²) in [5, 5.41) is 12.3. The van der Waals surface area contributed by atoms with Gasteiger partial charge in [0, 0.05) is 10.9 Å². The normalized spacial score (nSPS) is 12.5. The van der Waals surface area contributed by atoms with Gasteiger partial charge < -0.3 is 5.11 Å². The number of hydrogen-bond acceptors (Lipinski definition) is 5. The highest BCUT2D eigenvalue weighted by molar-refractivity contribution is 8.00. The number of thioether (sulfide) groups is 1. The fourth-order valence-electron chi connectivity index (χ4n) is 2.28. The summed E-state index contributed by atoms with van der Waals surface area (Å²) < 4.78 is 0. The van der Waals surface area contributed by atoms with Crippen molar-refractivity contribution in [2.45, 2.75) is 31.0 Å². The van der Waals surface area contributed by atoms with Crippen LogP contribution < -0.4 is 0 Å². The zero-order valence-corrected chi connectivity index (χ0v) is 14.7. The second-order valence-corrected chi connectivity index (χ2v) is 7.59. The highest BCUT2D eigenvalue weighted by Gasteiger charge is 2.19. The van der Waals surface area contributed by atoms with Crippen LogP contribution in [0.4, 0.5) is 0 Å². The molecule has 0 aliphatic heterocycles. The van der Waals surface area contributed by atoms with Crippen molar-refractivity contribution in [1.29, 1.82) is 0 Å². The zero-order valence-electron chi connectivity index (χ0n) is 13.0. The first-order chi connectivity index (χ1) is 11.0. The predicted molar refractivity (Wildman–Crippen MR) is 95.3 cm³/mol. The number of hydrogen-bond donors (Lipinski definition) is 1. The number of aliphatic carboxylic acids is 1. The molecule has 23 heavy (non-hydrogen) atoms. The number of thiophene rings is 1. The largest absolute Gasteiger partial charge is 0.480 e. The van der Waals surface area contributed by atoms with Crippen LogP contribution in [-0.4, -0.2) is 26.3 Å². The number of aromatic nitrogens is 2. The van der Waals surface area contributed by atoms with Gasteiger partial charge in [-0.3, -0.25) is 4.79 Å². The summed E-state index contributed by atoms with van der Waals surface area (Å²) in [6.45, 7) is 5.85. The van der Waals surface area contributed by atoms with E-state index in [4.69, 9.17) is 5.11 Å². The minimum absolute atomic E-state index is 0.555. The van der Waals surface area contributed by atoms with E-state index in [1.165, 1.54) is 29.2 Å². The monoisotopic (exact) mass is 344 g/mol.